The van der Waals surface area contributed by atoms with Crippen LogP contribution in [0.15, 0.2) is 218 Å². The van der Waals surface area contributed by atoms with Crippen LogP contribution in [0.1, 0.15) is 126 Å². The number of halogens is 12. The normalized spacial score (nSPS) is 11.6. The minimum absolute atomic E-state index is 0.000210. The molecule has 9 nitrogen and oxygen atoms in total. The minimum atomic E-state index is -4.83. The number of alkyl halides is 6. The number of thioether (sulfide) groups is 2. The number of hydrogen-bond donors (Lipinski definition) is 1. The number of aliphatic carboxylic acids is 1. The number of Topliss-reactive ketones (excluding diaryl/α,β-unsaturated/α-hetero) is 2. The zero-order valence-corrected chi connectivity index (χ0v) is 65.3. The lowest BCUT2D eigenvalue weighted by atomic mass is 9.88. The average molecular weight is 1650 g/mol. The fourth-order valence-electron chi connectivity index (χ4n) is 11.4. The van der Waals surface area contributed by atoms with Crippen molar-refractivity contribution in [1.82, 2.24) is 0 Å². The van der Waals surface area contributed by atoms with E-state index in [1.165, 1.54) is 22.3 Å². The van der Waals surface area contributed by atoms with Crippen LogP contribution in [-0.2, 0) is 43.5 Å². The number of sulfone groups is 1. The zero-order valence-electron chi connectivity index (χ0n) is 58.3. The van der Waals surface area contributed by atoms with Crippen molar-refractivity contribution >= 4 is 121 Å². The van der Waals surface area contributed by atoms with Crippen molar-refractivity contribution in [2.75, 3.05) is 54.3 Å². The molecular weight excluding hydrogens is 1560 g/mol. The van der Waals surface area contributed by atoms with Gasteiger partial charge in [0.05, 0.1) is 24.7 Å². The summed E-state index contributed by atoms with van der Waals surface area (Å²) in [5.74, 6) is 1.84. The van der Waals surface area contributed by atoms with Gasteiger partial charge in [0.2, 0.25) is 11.6 Å². The topological polar surface area (TPSA) is 133 Å². The maximum absolute atomic E-state index is 12.6. The molecule has 0 aliphatic heterocycles. The second kappa shape index (κ2) is 45.3. The van der Waals surface area contributed by atoms with Gasteiger partial charge in [-0.05, 0) is 229 Å². The molecular formula is C83H82Cl6F6O9S3. The van der Waals surface area contributed by atoms with E-state index in [9.17, 15) is 49.1 Å². The first kappa shape index (κ1) is 87.4. The van der Waals surface area contributed by atoms with Crippen LogP contribution in [0.25, 0.3) is 0 Å². The van der Waals surface area contributed by atoms with Crippen LogP contribution in [-0.4, -0.2) is 97.8 Å². The Labute approximate surface area is 661 Å². The van der Waals surface area contributed by atoms with E-state index < -0.39 is 52.6 Å². The van der Waals surface area contributed by atoms with Crippen LogP contribution in [0.5, 0.6) is 17.2 Å². The number of carboxylic acid groups (broad SMARTS) is 1. The number of ketones is 2. The third-order valence-corrected chi connectivity index (χ3v) is 22.4. The average Bonchev–Trinajstić information content (AvgIpc) is 0.848. The van der Waals surface area contributed by atoms with Gasteiger partial charge in [-0.15, -0.1) is 0 Å². The summed E-state index contributed by atoms with van der Waals surface area (Å²) in [7, 11) is -3.38. The van der Waals surface area contributed by atoms with Crippen molar-refractivity contribution in [2.45, 2.75) is 107 Å². The molecule has 0 atom stereocenters. The maximum atomic E-state index is 12.6. The van der Waals surface area contributed by atoms with E-state index in [2.05, 4.69) is 48.5 Å². The van der Waals surface area contributed by atoms with Crippen LogP contribution >= 0.6 is 93.1 Å². The number of rotatable bonds is 39. The summed E-state index contributed by atoms with van der Waals surface area (Å²) in [6.45, 7) is 1.14. The molecule has 0 spiro atoms. The number of aryl methyl sites for hydroxylation is 3. The van der Waals surface area contributed by atoms with Gasteiger partial charge in [0, 0.05) is 78.7 Å². The molecule has 570 valence electrons. The van der Waals surface area contributed by atoms with Gasteiger partial charge in [-0.1, -0.05) is 179 Å². The highest BCUT2D eigenvalue weighted by Crippen LogP contribution is 2.36. The van der Waals surface area contributed by atoms with Crippen LogP contribution < -0.4 is 14.2 Å². The summed E-state index contributed by atoms with van der Waals surface area (Å²) in [5, 5.41) is 12.9. The van der Waals surface area contributed by atoms with Crippen LogP contribution in [0.2, 0.25) is 30.1 Å². The molecule has 9 aromatic rings. The van der Waals surface area contributed by atoms with E-state index in [-0.39, 0.29) is 49.2 Å². The first-order valence-electron chi connectivity index (χ1n) is 34.6. The number of carbonyl (C=O) groups excluding carboxylic acids is 2. The van der Waals surface area contributed by atoms with Crippen LogP contribution in [0.4, 0.5) is 26.3 Å². The molecule has 1 N–H and O–H groups in total. The SMILES string of the molecule is O=C(CCc1ccc(OCCS(=O)(=O)CCCC(c2ccc(Cl)cc2)c2ccc(Cl)cc2)cc1)C(F)(F)F.O=C(CCc1ccc(OCCSCCCC(c2ccc(Cl)cc2)c2ccc(Cl)cc2)cc1)C(F)(F)F.O=C(O)CCc1ccc(OCCSCCCC(c2ccc(Cl)cc2)c2ccc(Cl)cc2)cc1. The Kier molecular flexibility index (Phi) is 37.0. The van der Waals surface area contributed by atoms with Gasteiger partial charge >= 0.3 is 18.3 Å². The second-order valence-corrected chi connectivity index (χ2v) is 32.4. The minimum Gasteiger partial charge on any atom is -0.493 e. The van der Waals surface area contributed by atoms with Gasteiger partial charge in [-0.3, -0.25) is 14.4 Å². The van der Waals surface area contributed by atoms with E-state index in [4.69, 9.17) is 88.9 Å². The highest BCUT2D eigenvalue weighted by atomic mass is 35.5. The quantitative estimate of drug-likeness (QED) is 0.0292. The second-order valence-electron chi connectivity index (χ2n) is 25.0. The lowest BCUT2D eigenvalue weighted by Gasteiger charge is -2.18. The van der Waals surface area contributed by atoms with Gasteiger partial charge in [0.1, 0.15) is 23.9 Å². The zero-order chi connectivity index (χ0) is 77.2. The molecule has 0 unspecified atom stereocenters. The summed E-state index contributed by atoms with van der Waals surface area (Å²) < 4.78 is 116. The fraction of sp³-hybridized carbons (Fsp3) is 0.313. The molecule has 107 heavy (non-hydrogen) atoms. The Bertz CT molecular complexity index is 4110. The molecule has 0 saturated heterocycles. The Morgan fingerprint density at radius 1 is 0.346 bits per heavy atom. The number of carbonyl (C=O) groups is 3. The molecule has 0 radical (unpaired) electrons. The highest BCUT2D eigenvalue weighted by molar-refractivity contribution is 7.99. The summed E-state index contributed by atoms with van der Waals surface area (Å²) in [6.07, 6.45) is -4.83. The molecule has 0 heterocycles. The van der Waals surface area contributed by atoms with Gasteiger partial charge in [-0.25, -0.2) is 8.42 Å². The number of hydrogen-bond acceptors (Lipinski definition) is 10. The summed E-state index contributed by atoms with van der Waals surface area (Å²) in [5.41, 5.74) is 9.28. The van der Waals surface area contributed by atoms with Gasteiger partial charge in [0.15, 0.2) is 9.84 Å². The molecule has 0 aromatic heterocycles. The summed E-state index contributed by atoms with van der Waals surface area (Å²) >= 11 is 40.1. The molecule has 0 fully saturated rings. The Balaban J connectivity index is 0.000000224. The van der Waals surface area contributed by atoms with Crippen molar-refractivity contribution in [3.8, 4) is 17.2 Å². The number of ether oxygens (including phenoxy) is 3. The molecule has 9 rings (SSSR count). The first-order valence-corrected chi connectivity index (χ1v) is 41.0. The lowest BCUT2D eigenvalue weighted by Crippen LogP contribution is -2.22. The molecule has 24 heteroatoms. The predicted octanol–water partition coefficient (Wildman–Crippen LogP) is 24.0. The molecule has 9 aromatic carbocycles. The third-order valence-electron chi connectivity index (χ3n) is 17.1. The van der Waals surface area contributed by atoms with Crippen molar-refractivity contribution in [3.63, 3.8) is 0 Å². The first-order chi connectivity index (χ1) is 51.2. The Morgan fingerprint density at radius 3 is 0.860 bits per heavy atom. The van der Waals surface area contributed by atoms with E-state index >= 15 is 0 Å². The third kappa shape index (κ3) is 33.1. The van der Waals surface area contributed by atoms with E-state index in [1.807, 2.05) is 145 Å². The van der Waals surface area contributed by atoms with Crippen LogP contribution in [0.3, 0.4) is 0 Å². The predicted molar refractivity (Wildman–Crippen MR) is 426 cm³/mol. The molecule has 0 aliphatic carbocycles. The van der Waals surface area contributed by atoms with Crippen LogP contribution in [0, 0.1) is 0 Å². The molecule has 0 bridgehead atoms. The molecule has 0 amide bonds. The van der Waals surface area contributed by atoms with Crippen molar-refractivity contribution < 1.29 is 68.5 Å². The standard InChI is InChI=1S/C28H27Cl2F3O4S.C28H27Cl2F3O2S.C27H28Cl2O3S/c29-23-10-6-21(7-11-23)26(22-8-12-24(30)13-9-22)2-1-18-38(35,36)19-17-37-25-14-3-20(4-15-25)5-16-27(34)28(31,32)33;29-23-10-6-21(7-11-23)26(22-8-12-24(30)13-9-22)2-1-18-36-19-17-35-25-14-3-20(4-15-25)5-16-27(34)28(31,32)33;28-23-10-6-21(7-11-23)26(22-8-12-24(29)13-9-22)2-1-18-33-19-17-32-25-14-3-20(4-15-25)5-16-27(30)31/h3-4,6-15,26H,1-2,5,16-19H2;3-4,6-15,26H,1-2,5,16-19H2;3-4,6-15,26H,1-2,5,16-19H2,(H,30,31). The van der Waals surface area contributed by atoms with Gasteiger partial charge < -0.3 is 19.3 Å². The summed E-state index contributed by atoms with van der Waals surface area (Å²) in [6, 6.07) is 67.9. The number of carboxylic acids is 1. The summed E-state index contributed by atoms with van der Waals surface area (Å²) in [4.78, 5) is 32.7. The van der Waals surface area contributed by atoms with E-state index in [0.29, 0.717) is 71.1 Å². The Morgan fingerprint density at radius 2 is 0.598 bits per heavy atom. The van der Waals surface area contributed by atoms with E-state index in [1.54, 1.807) is 48.5 Å². The smallest absolute Gasteiger partial charge is 0.449 e. The monoisotopic (exact) mass is 1640 g/mol. The number of benzene rings is 9. The lowest BCUT2D eigenvalue weighted by molar-refractivity contribution is -0.171. The highest BCUT2D eigenvalue weighted by Gasteiger charge is 2.38. The maximum Gasteiger partial charge on any atom is 0.449 e. The van der Waals surface area contributed by atoms with Crippen molar-refractivity contribution in [2.24, 2.45) is 0 Å². The van der Waals surface area contributed by atoms with Crippen molar-refractivity contribution in [3.05, 3.63) is 299 Å². The van der Waals surface area contributed by atoms with Crippen molar-refractivity contribution in [1.29, 1.82) is 0 Å². The molecule has 0 aliphatic rings. The molecule has 0 saturated carbocycles. The largest absolute Gasteiger partial charge is 0.493 e. The van der Waals surface area contributed by atoms with Gasteiger partial charge in [-0.2, -0.15) is 49.9 Å². The van der Waals surface area contributed by atoms with Gasteiger partial charge in [0.25, 0.3) is 0 Å². The Hall–Kier alpha value is -6.84. The fourth-order valence-corrected chi connectivity index (χ4v) is 14.8. The van der Waals surface area contributed by atoms with E-state index in [0.717, 1.165) is 91.2 Å².